The minimum Gasteiger partial charge on any atom is -0.310 e. The van der Waals surface area contributed by atoms with Gasteiger partial charge in [0.1, 0.15) is 0 Å². The molecular formula is C64H48N2. The summed E-state index contributed by atoms with van der Waals surface area (Å²) in [6, 6.07) is 89.2. The van der Waals surface area contributed by atoms with Gasteiger partial charge < -0.3 is 9.47 Å². The van der Waals surface area contributed by atoms with Gasteiger partial charge in [-0.1, -0.05) is 196 Å². The summed E-state index contributed by atoms with van der Waals surface area (Å²) in [4.78, 5) is 2.49. The molecule has 0 N–H and O–H groups in total. The highest BCUT2D eigenvalue weighted by Gasteiger charge is 2.39. The SMILES string of the molecule is CCC1(C)c2cc(N(c3cccc(-c4cccc(-c5ccccc5)c4)c3)c3ccccc3-c3ccccc3-c3ccccc3)ccc2-c2ccc(-n3c4ccccc4c4ccccc43)cc21. The van der Waals surface area contributed by atoms with E-state index in [1.807, 2.05) is 0 Å². The Hall–Kier alpha value is -8.20. The summed E-state index contributed by atoms with van der Waals surface area (Å²) < 4.78 is 2.45. The molecule has 66 heavy (non-hydrogen) atoms. The van der Waals surface area contributed by atoms with Crippen LogP contribution in [0.2, 0.25) is 0 Å². The molecule has 2 heteroatoms. The summed E-state index contributed by atoms with van der Waals surface area (Å²) in [6.07, 6.45) is 0.960. The molecule has 0 bridgehead atoms. The normalized spacial score (nSPS) is 14.0. The first-order chi connectivity index (χ1) is 32.6. The number of fused-ring (bicyclic) bond motifs is 6. The quantitative estimate of drug-likeness (QED) is 0.141. The number of aromatic nitrogens is 1. The van der Waals surface area contributed by atoms with Crippen LogP contribution in [-0.4, -0.2) is 4.57 Å². The van der Waals surface area contributed by atoms with Crippen LogP contribution in [0, 0.1) is 0 Å². The molecule has 0 saturated carbocycles. The van der Waals surface area contributed by atoms with Crippen molar-refractivity contribution in [3.63, 3.8) is 0 Å². The largest absolute Gasteiger partial charge is 0.310 e. The van der Waals surface area contributed by atoms with Crippen molar-refractivity contribution in [2.24, 2.45) is 0 Å². The second kappa shape index (κ2) is 16.1. The van der Waals surface area contributed by atoms with E-state index in [1.165, 1.54) is 94.3 Å². The molecule has 0 saturated heterocycles. The lowest BCUT2D eigenvalue weighted by molar-refractivity contribution is 0.564. The van der Waals surface area contributed by atoms with Gasteiger partial charge in [-0.15, -0.1) is 0 Å². The van der Waals surface area contributed by atoms with Gasteiger partial charge in [0.25, 0.3) is 0 Å². The van der Waals surface area contributed by atoms with Crippen LogP contribution < -0.4 is 4.90 Å². The molecule has 0 aliphatic heterocycles. The van der Waals surface area contributed by atoms with E-state index in [0.29, 0.717) is 0 Å². The van der Waals surface area contributed by atoms with Crippen LogP contribution in [0.4, 0.5) is 17.1 Å². The first-order valence-corrected chi connectivity index (χ1v) is 23.2. The van der Waals surface area contributed by atoms with Crippen LogP contribution in [0.5, 0.6) is 0 Å². The molecule has 0 spiro atoms. The van der Waals surface area contributed by atoms with Gasteiger partial charge in [-0.05, 0) is 128 Å². The maximum Gasteiger partial charge on any atom is 0.0541 e. The fourth-order valence-electron chi connectivity index (χ4n) is 10.7. The Bertz CT molecular complexity index is 3550. The highest BCUT2D eigenvalue weighted by Crippen LogP contribution is 2.54. The number of rotatable bonds is 9. The zero-order valence-electron chi connectivity index (χ0n) is 37.2. The molecule has 2 nitrogen and oxygen atoms in total. The second-order valence-electron chi connectivity index (χ2n) is 17.8. The minimum atomic E-state index is -0.222. The third-order valence-corrected chi connectivity index (χ3v) is 14.1. The van der Waals surface area contributed by atoms with Crippen molar-refractivity contribution in [2.75, 3.05) is 4.90 Å². The Kier molecular flexibility index (Phi) is 9.61. The molecule has 12 rings (SSSR count). The number of hydrogen-bond acceptors (Lipinski definition) is 1. The molecule has 10 aromatic carbocycles. The third kappa shape index (κ3) is 6.48. The molecular weight excluding hydrogens is 797 g/mol. The first-order valence-electron chi connectivity index (χ1n) is 23.2. The summed E-state index contributed by atoms with van der Waals surface area (Å²) in [6.45, 7) is 4.80. The van der Waals surface area contributed by atoms with Crippen molar-refractivity contribution in [3.8, 4) is 61.3 Å². The van der Waals surface area contributed by atoms with Crippen molar-refractivity contribution in [1.82, 2.24) is 4.57 Å². The van der Waals surface area contributed by atoms with Gasteiger partial charge in [0, 0.05) is 38.8 Å². The average Bonchev–Trinajstić information content (AvgIpc) is 3.86. The van der Waals surface area contributed by atoms with Gasteiger partial charge in [-0.2, -0.15) is 0 Å². The molecule has 0 fully saturated rings. The monoisotopic (exact) mass is 844 g/mol. The highest BCUT2D eigenvalue weighted by molar-refractivity contribution is 6.09. The number of para-hydroxylation sites is 3. The van der Waals surface area contributed by atoms with Gasteiger partial charge in [0.2, 0.25) is 0 Å². The molecule has 1 heterocycles. The lowest BCUT2D eigenvalue weighted by Gasteiger charge is -2.31. The number of anilines is 3. The summed E-state index contributed by atoms with van der Waals surface area (Å²) in [5.74, 6) is 0. The average molecular weight is 845 g/mol. The first kappa shape index (κ1) is 39.4. The molecule has 1 aliphatic rings. The van der Waals surface area contributed by atoms with E-state index < -0.39 is 0 Å². The Morgan fingerprint density at radius 1 is 0.364 bits per heavy atom. The van der Waals surface area contributed by atoms with Gasteiger partial charge in [-0.25, -0.2) is 0 Å². The van der Waals surface area contributed by atoms with Crippen LogP contribution in [0.25, 0.3) is 83.1 Å². The molecule has 11 aromatic rings. The Morgan fingerprint density at radius 3 is 1.56 bits per heavy atom. The van der Waals surface area contributed by atoms with E-state index in [0.717, 1.165) is 23.5 Å². The van der Waals surface area contributed by atoms with Gasteiger partial charge in [-0.3, -0.25) is 0 Å². The topological polar surface area (TPSA) is 8.17 Å². The number of benzene rings is 10. The van der Waals surface area contributed by atoms with Crippen molar-refractivity contribution < 1.29 is 0 Å². The predicted octanol–water partition coefficient (Wildman–Crippen LogP) is 17.6. The zero-order chi connectivity index (χ0) is 44.2. The Balaban J connectivity index is 1.03. The minimum absolute atomic E-state index is 0.222. The summed E-state index contributed by atoms with van der Waals surface area (Å²) in [5.41, 5.74) is 21.7. The lowest BCUT2D eigenvalue weighted by Crippen LogP contribution is -2.20. The Morgan fingerprint density at radius 2 is 0.864 bits per heavy atom. The molecule has 0 amide bonds. The fourth-order valence-corrected chi connectivity index (χ4v) is 10.7. The van der Waals surface area contributed by atoms with Crippen LogP contribution in [0.1, 0.15) is 31.4 Å². The van der Waals surface area contributed by atoms with Crippen LogP contribution in [0.15, 0.2) is 243 Å². The highest BCUT2D eigenvalue weighted by atomic mass is 15.1. The maximum atomic E-state index is 2.49. The second-order valence-corrected chi connectivity index (χ2v) is 17.8. The van der Waals surface area contributed by atoms with Crippen molar-refractivity contribution in [2.45, 2.75) is 25.7 Å². The van der Waals surface area contributed by atoms with E-state index in [1.54, 1.807) is 0 Å². The van der Waals surface area contributed by atoms with Crippen molar-refractivity contribution in [3.05, 3.63) is 254 Å². The molecule has 1 aromatic heterocycles. The van der Waals surface area contributed by atoms with Gasteiger partial charge in [0.15, 0.2) is 0 Å². The van der Waals surface area contributed by atoms with Gasteiger partial charge in [0.05, 0.1) is 16.7 Å². The van der Waals surface area contributed by atoms with E-state index in [2.05, 4.69) is 266 Å². The summed E-state index contributed by atoms with van der Waals surface area (Å²) >= 11 is 0. The molecule has 1 atom stereocenters. The molecule has 314 valence electrons. The fraction of sp³-hybridized carbons (Fsp3) is 0.0625. The van der Waals surface area contributed by atoms with Crippen molar-refractivity contribution >= 4 is 38.9 Å². The third-order valence-electron chi connectivity index (χ3n) is 14.1. The number of hydrogen-bond donors (Lipinski definition) is 0. The molecule has 1 unspecified atom stereocenters. The van der Waals surface area contributed by atoms with Crippen LogP contribution >= 0.6 is 0 Å². The maximum absolute atomic E-state index is 2.49. The van der Waals surface area contributed by atoms with Crippen molar-refractivity contribution in [1.29, 1.82) is 0 Å². The molecule has 0 radical (unpaired) electrons. The zero-order valence-corrected chi connectivity index (χ0v) is 37.2. The van der Waals surface area contributed by atoms with E-state index in [-0.39, 0.29) is 5.41 Å². The van der Waals surface area contributed by atoms with Crippen LogP contribution in [-0.2, 0) is 5.41 Å². The predicted molar refractivity (Wildman–Crippen MR) is 279 cm³/mol. The molecule has 1 aliphatic carbocycles. The van der Waals surface area contributed by atoms with E-state index in [9.17, 15) is 0 Å². The Labute approximate surface area is 387 Å². The van der Waals surface area contributed by atoms with E-state index in [4.69, 9.17) is 0 Å². The summed E-state index contributed by atoms with van der Waals surface area (Å²) in [7, 11) is 0. The van der Waals surface area contributed by atoms with Crippen LogP contribution in [0.3, 0.4) is 0 Å². The smallest absolute Gasteiger partial charge is 0.0541 e. The van der Waals surface area contributed by atoms with Gasteiger partial charge >= 0.3 is 0 Å². The summed E-state index contributed by atoms with van der Waals surface area (Å²) in [5, 5.41) is 2.55. The number of nitrogens with zero attached hydrogens (tertiary/aromatic N) is 2. The standard InChI is InChI=1S/C64H48N2/c1-3-64(2)59-42-50(36-38-54(59)55-39-37-51(43-60(55)64)66-62-34-16-13-31-57(62)58-32-14-17-35-63(58)66)65(49-27-19-26-48(41-49)47-25-18-24-46(40-47)44-20-6-4-7-21-44)61-33-15-12-30-56(61)53-29-11-10-28-52(53)45-22-8-5-9-23-45/h4-43H,3H2,1-2H3. The van der Waals surface area contributed by atoms with E-state index >= 15 is 0 Å². The lowest BCUT2D eigenvalue weighted by atomic mass is 9.77.